The van der Waals surface area contributed by atoms with Crippen molar-refractivity contribution < 1.29 is 29.3 Å². The number of hydrogen-bond donors (Lipinski definition) is 5. The molecule has 0 fully saturated rings. The van der Waals surface area contributed by atoms with Crippen LogP contribution >= 0.6 is 0 Å². The lowest BCUT2D eigenvalue weighted by molar-refractivity contribution is 0.0845. The maximum atomic E-state index is 12.2. The van der Waals surface area contributed by atoms with E-state index in [1.807, 2.05) is 0 Å². The van der Waals surface area contributed by atoms with Crippen molar-refractivity contribution in [3.05, 3.63) is 77.6 Å². The van der Waals surface area contributed by atoms with Crippen LogP contribution in [0.5, 0.6) is 23.0 Å². The van der Waals surface area contributed by atoms with E-state index in [0.717, 1.165) is 6.07 Å². The molecule has 3 rings (SSSR count). The van der Waals surface area contributed by atoms with Crippen LogP contribution in [0.4, 0.5) is 0 Å². The lowest BCUT2D eigenvalue weighted by Crippen LogP contribution is -2.41. The van der Waals surface area contributed by atoms with E-state index in [0.29, 0.717) is 18.0 Å². The molecular weight excluding hydrogens is 416 g/mol. The number of hydrazine groups is 1. The van der Waals surface area contributed by atoms with Gasteiger partial charge in [0.15, 0.2) is 0 Å². The van der Waals surface area contributed by atoms with E-state index in [1.54, 1.807) is 25.1 Å². The third-order valence-corrected chi connectivity index (χ3v) is 4.17. The van der Waals surface area contributed by atoms with Gasteiger partial charge >= 0.3 is 0 Å². The molecule has 3 amide bonds. The highest BCUT2D eigenvalue weighted by Crippen LogP contribution is 2.23. The Hall–Kier alpha value is -4.60. The minimum atomic E-state index is -0.753. The topological polar surface area (TPSA) is 150 Å². The van der Waals surface area contributed by atoms with Gasteiger partial charge in [0, 0.05) is 30.4 Å². The molecule has 0 aliphatic rings. The van der Waals surface area contributed by atoms with Gasteiger partial charge in [-0.15, -0.1) is 0 Å². The highest BCUT2D eigenvalue weighted by Gasteiger charge is 2.14. The van der Waals surface area contributed by atoms with E-state index in [4.69, 9.17) is 4.74 Å². The van der Waals surface area contributed by atoms with Gasteiger partial charge in [0.2, 0.25) is 0 Å². The molecule has 1 aromatic heterocycles. The summed E-state index contributed by atoms with van der Waals surface area (Å²) >= 11 is 0. The molecule has 3 aromatic rings. The Morgan fingerprint density at radius 1 is 0.875 bits per heavy atom. The number of pyridine rings is 1. The Kier molecular flexibility index (Phi) is 6.86. The fraction of sp³-hybridized carbons (Fsp3) is 0.0909. The fourth-order valence-electron chi connectivity index (χ4n) is 2.63. The van der Waals surface area contributed by atoms with Crippen molar-refractivity contribution in [2.24, 2.45) is 0 Å². The van der Waals surface area contributed by atoms with Crippen LogP contribution < -0.4 is 20.9 Å². The maximum Gasteiger partial charge on any atom is 0.273 e. The average molecular weight is 436 g/mol. The lowest BCUT2D eigenvalue weighted by atomic mass is 10.2. The highest BCUT2D eigenvalue weighted by molar-refractivity contribution is 6.00. The summed E-state index contributed by atoms with van der Waals surface area (Å²) in [5, 5.41) is 21.6. The van der Waals surface area contributed by atoms with Gasteiger partial charge in [0.05, 0.1) is 5.56 Å². The Morgan fingerprint density at radius 3 is 2.28 bits per heavy atom. The van der Waals surface area contributed by atoms with E-state index in [-0.39, 0.29) is 28.5 Å². The molecule has 32 heavy (non-hydrogen) atoms. The van der Waals surface area contributed by atoms with E-state index in [2.05, 4.69) is 21.2 Å². The molecule has 0 unspecified atom stereocenters. The molecule has 0 bridgehead atoms. The smallest absolute Gasteiger partial charge is 0.273 e. The molecular formula is C22H20N4O6. The minimum absolute atomic E-state index is 0.115. The summed E-state index contributed by atoms with van der Waals surface area (Å²) in [5.41, 5.74) is 4.76. The predicted octanol–water partition coefficient (Wildman–Crippen LogP) is 2.11. The zero-order valence-electron chi connectivity index (χ0n) is 17.0. The van der Waals surface area contributed by atoms with Crippen molar-refractivity contribution in [2.75, 3.05) is 6.54 Å². The second kappa shape index (κ2) is 9.94. The van der Waals surface area contributed by atoms with Gasteiger partial charge in [0.25, 0.3) is 17.7 Å². The zero-order valence-corrected chi connectivity index (χ0v) is 17.0. The Morgan fingerprint density at radius 2 is 1.59 bits per heavy atom. The number of nitrogens with one attached hydrogen (secondary N) is 3. The van der Waals surface area contributed by atoms with Crippen LogP contribution in [0.2, 0.25) is 0 Å². The fourth-order valence-corrected chi connectivity index (χ4v) is 2.63. The molecule has 0 aliphatic heterocycles. The number of amides is 3. The summed E-state index contributed by atoms with van der Waals surface area (Å²) in [5.74, 6) is -1.45. The molecule has 1 heterocycles. The summed E-state index contributed by atoms with van der Waals surface area (Å²) in [6.07, 6.45) is 1.45. The molecule has 0 saturated heterocycles. The SMILES string of the molecule is CCNC(=O)c1cc(Oc2ccc(C(=O)NNC(=O)c3ccc(O)cc3O)cc2)ccn1. The summed E-state index contributed by atoms with van der Waals surface area (Å²) < 4.78 is 5.69. The number of benzene rings is 2. The number of carbonyl (C=O) groups is 3. The number of hydrogen-bond acceptors (Lipinski definition) is 7. The van der Waals surface area contributed by atoms with Gasteiger partial charge in [-0.3, -0.25) is 30.2 Å². The Bertz CT molecular complexity index is 1150. The normalized spacial score (nSPS) is 10.2. The number of carbonyl (C=O) groups excluding carboxylic acids is 3. The van der Waals surface area contributed by atoms with Gasteiger partial charge < -0.3 is 20.3 Å². The first-order chi connectivity index (χ1) is 15.4. The third-order valence-electron chi connectivity index (χ3n) is 4.17. The number of ether oxygens (including phenoxy) is 1. The first kappa shape index (κ1) is 22.1. The van der Waals surface area contributed by atoms with Crippen LogP contribution in [-0.4, -0.2) is 39.5 Å². The number of aromatic hydroxyl groups is 2. The number of phenols is 2. The second-order valence-corrected chi connectivity index (χ2v) is 6.47. The van der Waals surface area contributed by atoms with Crippen molar-refractivity contribution in [3.8, 4) is 23.0 Å². The predicted molar refractivity (Wildman–Crippen MR) is 113 cm³/mol. The van der Waals surface area contributed by atoms with Crippen molar-refractivity contribution in [3.63, 3.8) is 0 Å². The van der Waals surface area contributed by atoms with E-state index < -0.39 is 17.6 Å². The number of rotatable bonds is 6. The highest BCUT2D eigenvalue weighted by atomic mass is 16.5. The minimum Gasteiger partial charge on any atom is -0.508 e. The molecule has 2 aromatic carbocycles. The van der Waals surface area contributed by atoms with Gasteiger partial charge in [-0.05, 0) is 49.4 Å². The van der Waals surface area contributed by atoms with Crippen molar-refractivity contribution in [2.45, 2.75) is 6.92 Å². The van der Waals surface area contributed by atoms with E-state index >= 15 is 0 Å². The lowest BCUT2D eigenvalue weighted by Gasteiger charge is -2.10. The van der Waals surface area contributed by atoms with Crippen LogP contribution in [0.25, 0.3) is 0 Å². The number of nitrogens with zero attached hydrogens (tertiary/aromatic N) is 1. The molecule has 5 N–H and O–H groups in total. The van der Waals surface area contributed by atoms with Gasteiger partial charge in [-0.2, -0.15) is 0 Å². The van der Waals surface area contributed by atoms with Crippen LogP contribution in [0, 0.1) is 0 Å². The first-order valence-electron chi connectivity index (χ1n) is 9.52. The van der Waals surface area contributed by atoms with Crippen LogP contribution in [-0.2, 0) is 0 Å². The molecule has 0 spiro atoms. The summed E-state index contributed by atoms with van der Waals surface area (Å²) in [7, 11) is 0. The molecule has 0 saturated carbocycles. The van der Waals surface area contributed by atoms with Crippen LogP contribution in [0.15, 0.2) is 60.8 Å². The average Bonchev–Trinajstić information content (AvgIpc) is 2.78. The Labute approximate surface area is 182 Å². The summed E-state index contributed by atoms with van der Waals surface area (Å²) in [6, 6.07) is 12.6. The van der Waals surface area contributed by atoms with Gasteiger partial charge in [-0.1, -0.05) is 0 Å². The van der Waals surface area contributed by atoms with Crippen molar-refractivity contribution >= 4 is 17.7 Å². The number of phenolic OH excluding ortho intramolecular Hbond substituents is 2. The largest absolute Gasteiger partial charge is 0.508 e. The van der Waals surface area contributed by atoms with E-state index in [9.17, 15) is 24.6 Å². The number of aromatic nitrogens is 1. The second-order valence-electron chi connectivity index (χ2n) is 6.47. The third kappa shape index (κ3) is 5.51. The molecule has 0 aliphatic carbocycles. The molecule has 0 atom stereocenters. The molecule has 10 nitrogen and oxygen atoms in total. The van der Waals surface area contributed by atoms with Gasteiger partial charge in [0.1, 0.15) is 28.7 Å². The monoisotopic (exact) mass is 436 g/mol. The zero-order chi connectivity index (χ0) is 23.1. The quantitative estimate of drug-likeness (QED) is 0.371. The van der Waals surface area contributed by atoms with Crippen molar-refractivity contribution in [1.29, 1.82) is 0 Å². The standard InChI is InChI=1S/C22H20N4O6/c1-2-23-22(31)18-12-16(9-10-24-18)32-15-6-3-13(4-7-15)20(29)25-26-21(30)17-8-5-14(27)11-19(17)28/h3-12,27-28H,2H2,1H3,(H,23,31)(H,25,29)(H,26,30). The Balaban J connectivity index is 1.59. The summed E-state index contributed by atoms with van der Waals surface area (Å²) in [4.78, 5) is 40.2. The van der Waals surface area contributed by atoms with Crippen LogP contribution in [0.3, 0.4) is 0 Å². The molecule has 10 heteroatoms. The molecule has 164 valence electrons. The van der Waals surface area contributed by atoms with Crippen molar-refractivity contribution in [1.82, 2.24) is 21.2 Å². The van der Waals surface area contributed by atoms with Gasteiger partial charge in [-0.25, -0.2) is 0 Å². The van der Waals surface area contributed by atoms with Crippen LogP contribution in [0.1, 0.15) is 38.1 Å². The first-order valence-corrected chi connectivity index (χ1v) is 9.52. The summed E-state index contributed by atoms with van der Waals surface area (Å²) in [6.45, 7) is 2.28. The van der Waals surface area contributed by atoms with E-state index in [1.165, 1.54) is 36.5 Å². The molecule has 0 radical (unpaired) electrons. The maximum absolute atomic E-state index is 12.2.